The highest BCUT2D eigenvalue weighted by Crippen LogP contribution is 2.27. The first kappa shape index (κ1) is 25.3. The maximum atomic E-state index is 13.2. The molecule has 0 saturated carbocycles. The van der Waals surface area contributed by atoms with Crippen molar-refractivity contribution < 1.29 is 14.3 Å². The Morgan fingerprint density at radius 1 is 1.03 bits per heavy atom. The summed E-state index contributed by atoms with van der Waals surface area (Å²) in [7, 11) is 0. The molecule has 0 fully saturated rings. The van der Waals surface area contributed by atoms with Crippen LogP contribution in [0, 0.1) is 0 Å². The number of benzene rings is 2. The largest absolute Gasteiger partial charge is 0.482 e. The average Bonchev–Trinajstić information content (AvgIpc) is 2.67. The monoisotopic (exact) mass is 484 g/mol. The van der Waals surface area contributed by atoms with Gasteiger partial charge in [0.15, 0.2) is 6.61 Å². The van der Waals surface area contributed by atoms with Crippen LogP contribution in [-0.2, 0) is 16.1 Å². The number of halogens is 3. The molecule has 0 aromatic heterocycles. The van der Waals surface area contributed by atoms with Crippen LogP contribution >= 0.6 is 34.8 Å². The number of amides is 2. The highest BCUT2D eigenvalue weighted by Gasteiger charge is 2.31. The Labute approximate surface area is 198 Å². The van der Waals surface area contributed by atoms with Crippen LogP contribution in [0.1, 0.15) is 39.7 Å². The minimum atomic E-state index is -0.660. The molecule has 8 heteroatoms. The molecule has 0 spiro atoms. The van der Waals surface area contributed by atoms with Crippen molar-refractivity contribution in [1.82, 2.24) is 10.2 Å². The standard InChI is InChI=1S/C23H27Cl3N2O3/c1-5-19(22(30)27-23(2,3)4)28(13-15-6-8-16(24)9-7-15)21(29)14-31-20-11-10-17(25)12-18(20)26/h6-12,19H,5,13-14H2,1-4H3,(H,27,30). The molecule has 0 aliphatic rings. The van der Waals surface area contributed by atoms with Crippen LogP contribution in [0.15, 0.2) is 42.5 Å². The van der Waals surface area contributed by atoms with E-state index in [0.717, 1.165) is 5.56 Å². The molecule has 0 heterocycles. The van der Waals surface area contributed by atoms with Gasteiger partial charge in [0.05, 0.1) is 5.02 Å². The number of ether oxygens (including phenoxy) is 1. The molecule has 0 saturated heterocycles. The van der Waals surface area contributed by atoms with E-state index in [4.69, 9.17) is 39.5 Å². The van der Waals surface area contributed by atoms with E-state index in [1.54, 1.807) is 30.3 Å². The fourth-order valence-corrected chi connectivity index (χ4v) is 3.56. The Bertz CT molecular complexity index is 911. The fourth-order valence-electron chi connectivity index (χ4n) is 2.97. The van der Waals surface area contributed by atoms with Crippen molar-refractivity contribution >= 4 is 46.6 Å². The topological polar surface area (TPSA) is 58.6 Å². The van der Waals surface area contributed by atoms with Gasteiger partial charge in [-0.1, -0.05) is 53.9 Å². The summed E-state index contributed by atoms with van der Waals surface area (Å²) in [5, 5.41) is 4.33. The molecule has 0 radical (unpaired) electrons. The third-order valence-corrected chi connectivity index (χ3v) is 5.18. The SMILES string of the molecule is CCC(C(=O)NC(C)(C)C)N(Cc1ccc(Cl)cc1)C(=O)COc1ccc(Cl)cc1Cl. The number of hydrogen-bond acceptors (Lipinski definition) is 3. The summed E-state index contributed by atoms with van der Waals surface area (Å²) < 4.78 is 5.63. The summed E-state index contributed by atoms with van der Waals surface area (Å²) in [5.41, 5.74) is 0.427. The first-order valence-electron chi connectivity index (χ1n) is 9.94. The minimum absolute atomic E-state index is 0.221. The molecule has 0 aliphatic heterocycles. The predicted octanol–water partition coefficient (Wildman–Crippen LogP) is 5.75. The average molecular weight is 486 g/mol. The molecule has 2 aromatic carbocycles. The molecular formula is C23H27Cl3N2O3. The zero-order valence-corrected chi connectivity index (χ0v) is 20.3. The second kappa shape index (κ2) is 11.1. The lowest BCUT2D eigenvalue weighted by molar-refractivity contribution is -0.143. The van der Waals surface area contributed by atoms with E-state index in [9.17, 15) is 9.59 Å². The lowest BCUT2D eigenvalue weighted by atomic mass is 10.1. The van der Waals surface area contributed by atoms with Gasteiger partial charge in [-0.15, -0.1) is 0 Å². The van der Waals surface area contributed by atoms with Gasteiger partial charge >= 0.3 is 0 Å². The summed E-state index contributed by atoms with van der Waals surface area (Å²) in [5.74, 6) is -0.211. The molecule has 1 atom stereocenters. The van der Waals surface area contributed by atoms with Gasteiger partial charge in [-0.25, -0.2) is 0 Å². The van der Waals surface area contributed by atoms with Crippen LogP contribution in [0.5, 0.6) is 5.75 Å². The summed E-state index contributed by atoms with van der Waals surface area (Å²) >= 11 is 18.0. The van der Waals surface area contributed by atoms with Crippen LogP contribution in [-0.4, -0.2) is 34.9 Å². The molecule has 0 aliphatic carbocycles. The maximum Gasteiger partial charge on any atom is 0.261 e. The smallest absolute Gasteiger partial charge is 0.261 e. The number of nitrogens with one attached hydrogen (secondary N) is 1. The molecule has 2 amide bonds. The van der Waals surface area contributed by atoms with E-state index >= 15 is 0 Å². The van der Waals surface area contributed by atoms with Gasteiger partial charge in [-0.05, 0) is 63.1 Å². The summed E-state index contributed by atoms with van der Waals surface area (Å²) in [4.78, 5) is 27.6. The molecule has 1 N–H and O–H groups in total. The van der Waals surface area contributed by atoms with Gasteiger partial charge in [0.1, 0.15) is 11.8 Å². The van der Waals surface area contributed by atoms with Gasteiger partial charge < -0.3 is 15.0 Å². The zero-order valence-electron chi connectivity index (χ0n) is 18.0. The van der Waals surface area contributed by atoms with E-state index in [1.165, 1.54) is 4.90 Å². The number of carbonyl (C=O) groups is 2. The molecular weight excluding hydrogens is 459 g/mol. The van der Waals surface area contributed by atoms with Gasteiger partial charge in [-0.3, -0.25) is 9.59 Å². The Morgan fingerprint density at radius 2 is 1.65 bits per heavy atom. The molecule has 168 valence electrons. The van der Waals surface area contributed by atoms with E-state index in [2.05, 4.69) is 5.32 Å². The van der Waals surface area contributed by atoms with Crippen LogP contribution in [0.2, 0.25) is 15.1 Å². The maximum absolute atomic E-state index is 13.2. The summed E-state index contributed by atoms with van der Waals surface area (Å²) in [6.07, 6.45) is 0.447. The molecule has 31 heavy (non-hydrogen) atoms. The van der Waals surface area contributed by atoms with Crippen LogP contribution < -0.4 is 10.1 Å². The number of carbonyl (C=O) groups excluding carboxylic acids is 2. The van der Waals surface area contributed by atoms with E-state index in [0.29, 0.717) is 27.2 Å². The number of rotatable bonds is 8. The Hall–Kier alpha value is -1.95. The third-order valence-electron chi connectivity index (χ3n) is 4.40. The van der Waals surface area contributed by atoms with Gasteiger partial charge in [0.2, 0.25) is 5.91 Å². The Balaban J connectivity index is 2.24. The second-order valence-electron chi connectivity index (χ2n) is 8.17. The van der Waals surface area contributed by atoms with Crippen molar-refractivity contribution in [3.8, 4) is 5.75 Å². The highest BCUT2D eigenvalue weighted by atomic mass is 35.5. The van der Waals surface area contributed by atoms with Crippen molar-refractivity contribution in [3.63, 3.8) is 0 Å². The van der Waals surface area contributed by atoms with Crippen LogP contribution in [0.4, 0.5) is 0 Å². The molecule has 1 unspecified atom stereocenters. The second-order valence-corrected chi connectivity index (χ2v) is 9.45. The molecule has 0 bridgehead atoms. The number of nitrogens with zero attached hydrogens (tertiary/aromatic N) is 1. The van der Waals surface area contributed by atoms with Gasteiger partial charge in [0.25, 0.3) is 5.91 Å². The Kier molecular flexibility index (Phi) is 9.04. The third kappa shape index (κ3) is 7.91. The van der Waals surface area contributed by atoms with Crippen molar-refractivity contribution in [2.24, 2.45) is 0 Å². The number of hydrogen-bond donors (Lipinski definition) is 1. The van der Waals surface area contributed by atoms with Gasteiger partial charge in [0, 0.05) is 22.1 Å². The van der Waals surface area contributed by atoms with E-state index < -0.39 is 11.6 Å². The van der Waals surface area contributed by atoms with Crippen molar-refractivity contribution in [1.29, 1.82) is 0 Å². The fraction of sp³-hybridized carbons (Fsp3) is 0.391. The molecule has 5 nitrogen and oxygen atoms in total. The van der Waals surface area contributed by atoms with Gasteiger partial charge in [-0.2, -0.15) is 0 Å². The van der Waals surface area contributed by atoms with Crippen molar-refractivity contribution in [3.05, 3.63) is 63.1 Å². The van der Waals surface area contributed by atoms with Crippen molar-refractivity contribution in [2.45, 2.75) is 52.2 Å². The molecule has 2 rings (SSSR count). The van der Waals surface area contributed by atoms with Crippen LogP contribution in [0.3, 0.4) is 0 Å². The normalized spacial score (nSPS) is 12.2. The van der Waals surface area contributed by atoms with E-state index in [1.807, 2.05) is 39.8 Å². The first-order chi connectivity index (χ1) is 14.5. The molecule has 2 aromatic rings. The van der Waals surface area contributed by atoms with Crippen molar-refractivity contribution in [2.75, 3.05) is 6.61 Å². The quantitative estimate of drug-likeness (QED) is 0.518. The lowest BCUT2D eigenvalue weighted by Crippen LogP contribution is -2.54. The van der Waals surface area contributed by atoms with E-state index in [-0.39, 0.29) is 25.0 Å². The lowest BCUT2D eigenvalue weighted by Gasteiger charge is -2.33. The zero-order chi connectivity index (χ0) is 23.2. The minimum Gasteiger partial charge on any atom is -0.482 e. The first-order valence-corrected chi connectivity index (χ1v) is 11.1. The Morgan fingerprint density at radius 3 is 2.19 bits per heavy atom. The van der Waals surface area contributed by atoms with Crippen LogP contribution in [0.25, 0.3) is 0 Å². The predicted molar refractivity (Wildman–Crippen MR) is 126 cm³/mol. The summed E-state index contributed by atoms with van der Waals surface area (Å²) in [6.45, 7) is 7.53. The highest BCUT2D eigenvalue weighted by molar-refractivity contribution is 6.35. The summed E-state index contributed by atoms with van der Waals surface area (Å²) in [6, 6.07) is 11.3.